The Morgan fingerprint density at radius 1 is 1.50 bits per heavy atom. The molecule has 3 rings (SSSR count). The highest BCUT2D eigenvalue weighted by Crippen LogP contribution is 2.41. The van der Waals surface area contributed by atoms with Gasteiger partial charge in [-0.15, -0.1) is 23.5 Å². The molecular formula is C13H12N2O3S2. The van der Waals surface area contributed by atoms with Gasteiger partial charge in [-0.2, -0.15) is 0 Å². The van der Waals surface area contributed by atoms with Crippen molar-refractivity contribution in [2.75, 3.05) is 5.75 Å². The van der Waals surface area contributed by atoms with Crippen molar-refractivity contribution >= 4 is 35.4 Å². The Bertz CT molecular complexity index is 576. The number of hydrogen-bond acceptors (Lipinski definition) is 5. The summed E-state index contributed by atoms with van der Waals surface area (Å²) < 4.78 is 0. The predicted molar refractivity (Wildman–Crippen MR) is 77.3 cm³/mol. The third-order valence-electron chi connectivity index (χ3n) is 3.12. The van der Waals surface area contributed by atoms with Gasteiger partial charge in [0.05, 0.1) is 11.8 Å². The number of aliphatic carboxylic acids is 1. The molecule has 0 radical (unpaired) electrons. The summed E-state index contributed by atoms with van der Waals surface area (Å²) >= 11 is 3.32. The molecule has 104 valence electrons. The summed E-state index contributed by atoms with van der Waals surface area (Å²) in [6, 6.07) is 3.86. The first kappa shape index (κ1) is 13.5. The summed E-state index contributed by atoms with van der Waals surface area (Å²) in [7, 11) is 0. The predicted octanol–water partition coefficient (Wildman–Crippen LogP) is 1.82. The standard InChI is InChI=1S/C13H12N2O3S2/c16-11-6-12-15(11)10(13(17)18)5-9(20-12)7-19-8-1-3-14-4-2-8/h1-5,9,12H,6-7H2,(H,17,18)/t9?,12-/m1/s1. The average Bonchev–Trinajstić information content (AvgIpc) is 2.44. The molecule has 0 saturated carbocycles. The number of carboxylic acid groups (broad SMARTS) is 1. The minimum atomic E-state index is -1.03. The van der Waals surface area contributed by atoms with E-state index in [1.54, 1.807) is 42.0 Å². The number of aromatic nitrogens is 1. The van der Waals surface area contributed by atoms with E-state index in [2.05, 4.69) is 4.98 Å². The molecule has 3 heterocycles. The quantitative estimate of drug-likeness (QED) is 0.676. The van der Waals surface area contributed by atoms with Crippen LogP contribution in [0.25, 0.3) is 0 Å². The van der Waals surface area contributed by atoms with Crippen molar-refractivity contribution in [3.63, 3.8) is 0 Å². The Kier molecular flexibility index (Phi) is 3.71. The van der Waals surface area contributed by atoms with Gasteiger partial charge in [0.1, 0.15) is 5.70 Å². The van der Waals surface area contributed by atoms with Gasteiger partial charge >= 0.3 is 5.97 Å². The maximum absolute atomic E-state index is 11.5. The largest absolute Gasteiger partial charge is 0.477 e. The third-order valence-corrected chi connectivity index (χ3v) is 5.81. The molecule has 1 unspecified atom stereocenters. The first-order valence-electron chi connectivity index (χ1n) is 6.10. The average molecular weight is 308 g/mol. The Morgan fingerprint density at radius 2 is 2.25 bits per heavy atom. The van der Waals surface area contributed by atoms with Crippen molar-refractivity contribution in [2.45, 2.75) is 21.9 Å². The van der Waals surface area contributed by atoms with Gasteiger partial charge in [0.2, 0.25) is 5.91 Å². The molecule has 2 aliphatic rings. The van der Waals surface area contributed by atoms with Gasteiger partial charge in [0.15, 0.2) is 0 Å². The molecule has 1 saturated heterocycles. The van der Waals surface area contributed by atoms with Crippen LogP contribution in [0.2, 0.25) is 0 Å². The number of fused-ring (bicyclic) bond motifs is 1. The Balaban J connectivity index is 1.70. The fourth-order valence-corrected chi connectivity index (χ4v) is 4.65. The summed E-state index contributed by atoms with van der Waals surface area (Å²) in [5, 5.41) is 9.29. The van der Waals surface area contributed by atoms with Crippen molar-refractivity contribution in [1.82, 2.24) is 9.88 Å². The molecule has 2 aliphatic heterocycles. The Hall–Kier alpha value is -1.47. The van der Waals surface area contributed by atoms with E-state index in [0.717, 1.165) is 10.6 Å². The van der Waals surface area contributed by atoms with E-state index in [4.69, 9.17) is 0 Å². The van der Waals surface area contributed by atoms with Crippen LogP contribution in [0, 0.1) is 0 Å². The van der Waals surface area contributed by atoms with Crippen LogP contribution in [0.3, 0.4) is 0 Å². The fourth-order valence-electron chi connectivity index (χ4n) is 2.16. The highest BCUT2D eigenvalue weighted by molar-refractivity contribution is 8.03. The van der Waals surface area contributed by atoms with Gasteiger partial charge in [-0.3, -0.25) is 14.7 Å². The molecule has 7 heteroatoms. The van der Waals surface area contributed by atoms with Crippen LogP contribution in [0.5, 0.6) is 0 Å². The van der Waals surface area contributed by atoms with Gasteiger partial charge < -0.3 is 5.11 Å². The number of β-lactam (4-membered cyclic amide) rings is 1. The minimum absolute atomic E-state index is 0.0124. The monoisotopic (exact) mass is 308 g/mol. The summed E-state index contributed by atoms with van der Waals surface area (Å²) in [6.45, 7) is 0. The van der Waals surface area contributed by atoms with Crippen molar-refractivity contribution in [3.05, 3.63) is 36.3 Å². The van der Waals surface area contributed by atoms with Crippen LogP contribution in [0.4, 0.5) is 0 Å². The van der Waals surface area contributed by atoms with Gasteiger partial charge in [-0.25, -0.2) is 4.79 Å². The maximum atomic E-state index is 11.5. The number of rotatable bonds is 4. The fraction of sp³-hybridized carbons (Fsp3) is 0.308. The van der Waals surface area contributed by atoms with Crippen LogP contribution < -0.4 is 0 Å². The lowest BCUT2D eigenvalue weighted by Gasteiger charge is -2.44. The Morgan fingerprint density at radius 3 is 2.90 bits per heavy atom. The number of nitrogens with zero attached hydrogens (tertiary/aromatic N) is 2. The molecule has 5 nitrogen and oxygen atoms in total. The second-order valence-electron chi connectivity index (χ2n) is 4.45. The lowest BCUT2D eigenvalue weighted by atomic mass is 10.1. The van der Waals surface area contributed by atoms with Crippen molar-refractivity contribution < 1.29 is 14.7 Å². The van der Waals surface area contributed by atoms with Crippen LogP contribution >= 0.6 is 23.5 Å². The number of carbonyl (C=O) groups excluding carboxylic acids is 1. The molecule has 1 N–H and O–H groups in total. The summed E-state index contributed by atoms with van der Waals surface area (Å²) in [5.41, 5.74) is 0.130. The summed E-state index contributed by atoms with van der Waals surface area (Å²) in [6.07, 6.45) is 5.60. The van der Waals surface area contributed by atoms with E-state index in [-0.39, 0.29) is 22.2 Å². The van der Waals surface area contributed by atoms with E-state index in [0.29, 0.717) is 6.42 Å². The summed E-state index contributed by atoms with van der Waals surface area (Å²) in [4.78, 5) is 29.1. The van der Waals surface area contributed by atoms with Crippen LogP contribution in [-0.2, 0) is 9.59 Å². The number of pyridine rings is 1. The maximum Gasteiger partial charge on any atom is 0.352 e. The van der Waals surface area contributed by atoms with Gasteiger partial charge in [0, 0.05) is 28.3 Å². The molecule has 1 amide bonds. The zero-order chi connectivity index (χ0) is 14.1. The lowest BCUT2D eigenvalue weighted by Crippen LogP contribution is -2.54. The molecule has 1 fully saturated rings. The lowest BCUT2D eigenvalue weighted by molar-refractivity contribution is -0.146. The highest BCUT2D eigenvalue weighted by atomic mass is 32.2. The van der Waals surface area contributed by atoms with Crippen LogP contribution in [-0.4, -0.2) is 43.2 Å². The van der Waals surface area contributed by atoms with Gasteiger partial charge in [-0.1, -0.05) is 0 Å². The minimum Gasteiger partial charge on any atom is -0.477 e. The molecule has 20 heavy (non-hydrogen) atoms. The first-order chi connectivity index (χ1) is 9.65. The van der Waals surface area contributed by atoms with Crippen LogP contribution in [0.15, 0.2) is 41.2 Å². The molecule has 0 aliphatic carbocycles. The van der Waals surface area contributed by atoms with Crippen molar-refractivity contribution in [1.29, 1.82) is 0 Å². The normalized spacial score (nSPS) is 24.7. The zero-order valence-electron chi connectivity index (χ0n) is 10.4. The van der Waals surface area contributed by atoms with Gasteiger partial charge in [-0.05, 0) is 18.2 Å². The van der Waals surface area contributed by atoms with Crippen molar-refractivity contribution in [2.24, 2.45) is 0 Å². The van der Waals surface area contributed by atoms with Gasteiger partial charge in [0.25, 0.3) is 0 Å². The second kappa shape index (κ2) is 5.49. The smallest absolute Gasteiger partial charge is 0.352 e. The topological polar surface area (TPSA) is 70.5 Å². The zero-order valence-corrected chi connectivity index (χ0v) is 12.1. The highest BCUT2D eigenvalue weighted by Gasteiger charge is 2.45. The molecule has 1 aromatic rings. The Labute approximate surface area is 124 Å². The number of thioether (sulfide) groups is 2. The van der Waals surface area contributed by atoms with Crippen LogP contribution in [0.1, 0.15) is 6.42 Å². The van der Waals surface area contributed by atoms with E-state index in [9.17, 15) is 14.7 Å². The number of carbonyl (C=O) groups is 2. The molecule has 2 atom stereocenters. The SMILES string of the molecule is O=C(O)C1=CC(CSc2ccncc2)S[C@@H]2CC(=O)N12. The van der Waals surface area contributed by atoms with E-state index >= 15 is 0 Å². The molecule has 0 aromatic carbocycles. The first-order valence-corrected chi connectivity index (χ1v) is 8.03. The van der Waals surface area contributed by atoms with Crippen molar-refractivity contribution in [3.8, 4) is 0 Å². The molecule has 0 spiro atoms. The number of carboxylic acids is 1. The molecule has 0 bridgehead atoms. The number of hydrogen-bond donors (Lipinski definition) is 1. The molecular weight excluding hydrogens is 296 g/mol. The number of amides is 1. The van der Waals surface area contributed by atoms with E-state index in [1.165, 1.54) is 4.90 Å². The third kappa shape index (κ3) is 2.55. The van der Waals surface area contributed by atoms with E-state index in [1.807, 2.05) is 12.1 Å². The second-order valence-corrected chi connectivity index (χ2v) is 6.96. The van der Waals surface area contributed by atoms with E-state index < -0.39 is 5.97 Å². The summed E-state index contributed by atoms with van der Waals surface area (Å²) in [5.74, 6) is -0.345. The molecule has 1 aromatic heterocycles.